The van der Waals surface area contributed by atoms with E-state index < -0.39 is 28.8 Å². The normalized spacial score (nSPS) is 63.1. The predicted octanol–water partition coefficient (Wildman–Crippen LogP) is 0.332. The van der Waals surface area contributed by atoms with Crippen molar-refractivity contribution in [2.24, 2.45) is 29.1 Å². The molecule has 7 fully saturated rings. The van der Waals surface area contributed by atoms with Gasteiger partial charge < -0.3 is 29.2 Å². The van der Waals surface area contributed by atoms with Crippen molar-refractivity contribution in [3.05, 3.63) is 0 Å². The lowest BCUT2D eigenvalue weighted by Crippen LogP contribution is -2.82. The van der Waals surface area contributed by atoms with E-state index in [-0.39, 0.29) is 53.5 Å². The zero-order chi connectivity index (χ0) is 22.4. The highest BCUT2D eigenvalue weighted by atomic mass is 16.6. The van der Waals surface area contributed by atoms with Crippen LogP contribution >= 0.6 is 0 Å². The average molecular weight is 450 g/mol. The van der Waals surface area contributed by atoms with E-state index in [0.29, 0.717) is 19.3 Å². The fourth-order valence-corrected chi connectivity index (χ4v) is 10.8. The maximum absolute atomic E-state index is 12.8. The third-order valence-corrected chi connectivity index (χ3v) is 11.3. The topological polar surface area (TPSA) is 101 Å². The average Bonchev–Trinajstić information content (AvgIpc) is 3.25. The molecule has 32 heavy (non-hydrogen) atoms. The molecular formula is C24H35NO7. The fourth-order valence-electron chi connectivity index (χ4n) is 10.8. The Morgan fingerprint density at radius 3 is 2.62 bits per heavy atom. The molecular weight excluding hydrogens is 414 g/mol. The molecule has 0 aromatic heterocycles. The number of piperidine rings is 1. The number of aliphatic hydroxyl groups is 2. The number of epoxide rings is 1. The minimum absolute atomic E-state index is 0.00536. The molecule has 8 nitrogen and oxygen atoms in total. The molecule has 0 radical (unpaired) electrons. The summed E-state index contributed by atoms with van der Waals surface area (Å²) in [4.78, 5) is 15.1. The Morgan fingerprint density at radius 1 is 1.19 bits per heavy atom. The quantitative estimate of drug-likeness (QED) is 0.468. The van der Waals surface area contributed by atoms with E-state index in [1.165, 1.54) is 6.92 Å². The van der Waals surface area contributed by atoms with Crippen molar-refractivity contribution in [1.82, 2.24) is 4.90 Å². The van der Waals surface area contributed by atoms with E-state index in [1.807, 2.05) is 0 Å². The van der Waals surface area contributed by atoms with Gasteiger partial charge in [0, 0.05) is 75.7 Å². The van der Waals surface area contributed by atoms with Crippen molar-refractivity contribution in [2.75, 3.05) is 27.3 Å². The molecule has 8 heteroatoms. The number of ether oxygens (including phenoxy) is 4. The van der Waals surface area contributed by atoms with Crippen molar-refractivity contribution in [3.63, 3.8) is 0 Å². The number of aliphatic hydroxyl groups excluding tert-OH is 1. The van der Waals surface area contributed by atoms with E-state index in [1.54, 1.807) is 14.2 Å². The number of rotatable bonds is 4. The lowest BCUT2D eigenvalue weighted by atomic mass is 9.44. The van der Waals surface area contributed by atoms with Gasteiger partial charge in [0.05, 0.1) is 24.4 Å². The second-order valence-electron chi connectivity index (χ2n) is 11.6. The van der Waals surface area contributed by atoms with Gasteiger partial charge in [-0.05, 0) is 19.4 Å². The zero-order valence-electron chi connectivity index (χ0n) is 19.3. The Hall–Kier alpha value is -0.770. The van der Waals surface area contributed by atoms with Crippen LogP contribution in [0.25, 0.3) is 0 Å². The molecule has 2 aliphatic heterocycles. The summed E-state index contributed by atoms with van der Waals surface area (Å²) in [5, 5.41) is 24.6. The molecule has 2 spiro atoms. The van der Waals surface area contributed by atoms with Gasteiger partial charge in [-0.2, -0.15) is 0 Å². The molecule has 0 aromatic rings. The molecule has 7 rings (SSSR count). The van der Waals surface area contributed by atoms with Crippen LogP contribution in [0.4, 0.5) is 0 Å². The van der Waals surface area contributed by atoms with Crippen LogP contribution in [0.2, 0.25) is 0 Å². The monoisotopic (exact) mass is 449 g/mol. The second-order valence-corrected chi connectivity index (χ2v) is 11.6. The maximum atomic E-state index is 12.8. The zero-order valence-corrected chi connectivity index (χ0v) is 19.3. The summed E-state index contributed by atoms with van der Waals surface area (Å²) in [6, 6.07) is 0.0414. The molecule has 2 heterocycles. The van der Waals surface area contributed by atoms with Crippen LogP contribution in [-0.2, 0) is 23.7 Å². The number of likely N-dealkylation sites (tertiary alicyclic amines) is 1. The molecule has 0 aromatic carbocycles. The highest BCUT2D eigenvalue weighted by molar-refractivity contribution is 5.67. The summed E-state index contributed by atoms with van der Waals surface area (Å²) in [5.41, 5.74) is -3.19. The summed E-state index contributed by atoms with van der Waals surface area (Å²) < 4.78 is 24.7. The molecule has 13 atom stereocenters. The highest BCUT2D eigenvalue weighted by Gasteiger charge is 2.92. The molecule has 0 amide bonds. The Morgan fingerprint density at radius 2 is 1.97 bits per heavy atom. The van der Waals surface area contributed by atoms with Gasteiger partial charge in [0.2, 0.25) is 0 Å². The molecule has 5 saturated carbocycles. The summed E-state index contributed by atoms with van der Waals surface area (Å²) >= 11 is 0. The highest BCUT2D eigenvalue weighted by Crippen LogP contribution is 2.81. The van der Waals surface area contributed by atoms with Crippen molar-refractivity contribution < 1.29 is 34.0 Å². The first kappa shape index (κ1) is 20.6. The van der Waals surface area contributed by atoms with E-state index in [2.05, 4.69) is 11.8 Å². The number of methoxy groups -OCH3 is 2. The van der Waals surface area contributed by atoms with Crippen LogP contribution in [0.1, 0.15) is 39.5 Å². The fraction of sp³-hybridized carbons (Fsp3) is 0.958. The summed E-state index contributed by atoms with van der Waals surface area (Å²) in [6.07, 6.45) is 1.44. The second kappa shape index (κ2) is 5.89. The number of fused-ring (bicyclic) bond motifs is 2. The largest absolute Gasteiger partial charge is 0.456 e. The standard InChI is InChI=1S/C24H35NO7/c1-5-25-10-21-15-7-13-19(25)23(15,17(27)8-18(21)32-21)16-6-12-14(29-3)9-22(13,31-11(2)26)24(16,28)20(12)30-4/h12-20,27-28H,5-10H2,1-4H3/t12-,13+,14+,15-,16+,17+,18+,19-,20+,21-,22+,23+,24+/m1/s1. The Bertz CT molecular complexity index is 884. The van der Waals surface area contributed by atoms with Crippen molar-refractivity contribution in [3.8, 4) is 0 Å². The lowest BCUT2D eigenvalue weighted by Gasteiger charge is -2.68. The minimum atomic E-state index is -1.36. The smallest absolute Gasteiger partial charge is 0.303 e. The van der Waals surface area contributed by atoms with Gasteiger partial charge >= 0.3 is 5.97 Å². The maximum Gasteiger partial charge on any atom is 0.303 e. The minimum Gasteiger partial charge on any atom is -0.456 e. The molecule has 0 unspecified atom stereocenters. The Kier molecular flexibility index (Phi) is 3.79. The first-order valence-corrected chi connectivity index (χ1v) is 12.3. The predicted molar refractivity (Wildman–Crippen MR) is 111 cm³/mol. The Labute approximate surface area is 188 Å². The first-order chi connectivity index (χ1) is 15.3. The number of nitrogens with zero attached hydrogens (tertiary/aromatic N) is 1. The summed E-state index contributed by atoms with van der Waals surface area (Å²) in [5.74, 6) is -0.580. The molecule has 178 valence electrons. The first-order valence-electron chi connectivity index (χ1n) is 12.3. The number of esters is 1. The van der Waals surface area contributed by atoms with Crippen LogP contribution in [-0.4, -0.2) is 95.7 Å². The van der Waals surface area contributed by atoms with Gasteiger partial charge in [-0.1, -0.05) is 6.92 Å². The van der Waals surface area contributed by atoms with Gasteiger partial charge in [0.25, 0.3) is 0 Å². The number of carbonyl (C=O) groups is 1. The molecule has 5 aliphatic carbocycles. The van der Waals surface area contributed by atoms with Crippen LogP contribution in [0.3, 0.4) is 0 Å². The van der Waals surface area contributed by atoms with E-state index >= 15 is 0 Å². The summed E-state index contributed by atoms with van der Waals surface area (Å²) in [7, 11) is 3.34. The van der Waals surface area contributed by atoms with Gasteiger partial charge in [-0.15, -0.1) is 0 Å². The number of hydrogen-bond donors (Lipinski definition) is 2. The van der Waals surface area contributed by atoms with Crippen LogP contribution in [0.5, 0.6) is 0 Å². The molecule has 7 aliphatic rings. The Balaban J connectivity index is 1.52. The van der Waals surface area contributed by atoms with Crippen molar-refractivity contribution in [2.45, 2.75) is 86.8 Å². The third kappa shape index (κ3) is 1.79. The number of carbonyl (C=O) groups excluding carboxylic acids is 1. The van der Waals surface area contributed by atoms with Gasteiger partial charge in [0.15, 0.2) is 5.60 Å². The van der Waals surface area contributed by atoms with Crippen LogP contribution < -0.4 is 0 Å². The van der Waals surface area contributed by atoms with Crippen LogP contribution in [0.15, 0.2) is 0 Å². The van der Waals surface area contributed by atoms with E-state index in [9.17, 15) is 15.0 Å². The van der Waals surface area contributed by atoms with E-state index in [4.69, 9.17) is 18.9 Å². The number of hydrogen-bond acceptors (Lipinski definition) is 8. The van der Waals surface area contributed by atoms with E-state index in [0.717, 1.165) is 19.5 Å². The molecule has 2 saturated heterocycles. The summed E-state index contributed by atoms with van der Waals surface area (Å²) in [6.45, 7) is 5.30. The van der Waals surface area contributed by atoms with Crippen molar-refractivity contribution in [1.29, 1.82) is 0 Å². The van der Waals surface area contributed by atoms with Gasteiger partial charge in [-0.3, -0.25) is 9.69 Å². The third-order valence-electron chi connectivity index (χ3n) is 11.3. The van der Waals surface area contributed by atoms with Crippen LogP contribution in [0, 0.1) is 29.1 Å². The number of likely N-dealkylation sites (N-methyl/N-ethyl adjacent to an activating group) is 1. The van der Waals surface area contributed by atoms with Crippen molar-refractivity contribution >= 4 is 5.97 Å². The van der Waals surface area contributed by atoms with Gasteiger partial charge in [-0.25, -0.2) is 0 Å². The SMILES string of the molecule is CCN1C[C@]23O[C@H]2C[C@H](O)[C@@]24[C@@H]3C[C@@H]([C@@H]12)[C@@]1(OC(C)=O)C[C@H](OC)[C@H]2C[C@@H]4[C@]1(O)[C@H]2OC. The van der Waals surface area contributed by atoms with Gasteiger partial charge in [0.1, 0.15) is 11.2 Å². The molecule has 2 N–H and O–H groups in total. The lowest BCUT2D eigenvalue weighted by molar-refractivity contribution is -0.328. The molecule has 7 bridgehead atoms.